The molecule has 18 heavy (non-hydrogen) atoms. The molecule has 4 nitrogen and oxygen atoms in total. The Hall–Kier alpha value is -1.36. The van der Waals surface area contributed by atoms with Crippen molar-refractivity contribution >= 4 is 23.2 Å². The zero-order chi connectivity index (χ0) is 13.5. The summed E-state index contributed by atoms with van der Waals surface area (Å²) in [6.45, 7) is 4.28. The van der Waals surface area contributed by atoms with Crippen molar-refractivity contribution in [3.05, 3.63) is 20.9 Å². The lowest BCUT2D eigenvalue weighted by atomic mass is 9.76. The van der Waals surface area contributed by atoms with Gasteiger partial charge in [0.1, 0.15) is 4.88 Å². The topological polar surface area (TPSA) is 66.4 Å². The molecule has 1 aliphatic rings. The maximum absolute atomic E-state index is 11.8. The predicted octanol–water partition coefficient (Wildman–Crippen LogP) is 2.32. The fourth-order valence-corrected chi connectivity index (χ4v) is 3.67. The van der Waals surface area contributed by atoms with Crippen molar-refractivity contribution in [1.82, 2.24) is 5.32 Å². The van der Waals surface area contributed by atoms with E-state index in [1.54, 1.807) is 0 Å². The number of hydrogen-bond acceptors (Lipinski definition) is 3. The lowest BCUT2D eigenvalue weighted by Crippen LogP contribution is -2.23. The van der Waals surface area contributed by atoms with Crippen molar-refractivity contribution in [3.63, 3.8) is 0 Å². The lowest BCUT2D eigenvalue weighted by molar-refractivity contribution is 0.0690. The molecule has 0 aliphatic heterocycles. The summed E-state index contributed by atoms with van der Waals surface area (Å²) in [4.78, 5) is 24.6. The van der Waals surface area contributed by atoms with E-state index >= 15 is 0 Å². The third-order valence-electron chi connectivity index (χ3n) is 3.42. The van der Waals surface area contributed by atoms with E-state index in [4.69, 9.17) is 0 Å². The first-order chi connectivity index (χ1) is 8.35. The van der Waals surface area contributed by atoms with Gasteiger partial charge in [-0.15, -0.1) is 11.3 Å². The number of aryl methyl sites for hydroxylation is 1. The molecule has 1 aromatic rings. The van der Waals surface area contributed by atoms with Crippen LogP contribution in [0, 0.1) is 5.41 Å². The van der Waals surface area contributed by atoms with Gasteiger partial charge in [0.05, 0.1) is 5.56 Å². The summed E-state index contributed by atoms with van der Waals surface area (Å²) in [6, 6.07) is 0. The van der Waals surface area contributed by atoms with E-state index in [9.17, 15) is 14.7 Å². The minimum absolute atomic E-state index is 0.109. The number of carbonyl (C=O) groups excluding carboxylic acids is 1. The van der Waals surface area contributed by atoms with Crippen molar-refractivity contribution in [1.29, 1.82) is 0 Å². The summed E-state index contributed by atoms with van der Waals surface area (Å²) in [6.07, 6.45) is 2.63. The van der Waals surface area contributed by atoms with Crippen molar-refractivity contribution in [3.8, 4) is 0 Å². The van der Waals surface area contributed by atoms with Gasteiger partial charge in [-0.3, -0.25) is 4.79 Å². The summed E-state index contributed by atoms with van der Waals surface area (Å²) < 4.78 is 0. The maximum Gasteiger partial charge on any atom is 0.337 e. The van der Waals surface area contributed by atoms with Crippen LogP contribution < -0.4 is 5.32 Å². The molecule has 0 bridgehead atoms. The number of hydrogen-bond donors (Lipinski definition) is 2. The zero-order valence-corrected chi connectivity index (χ0v) is 11.6. The fourth-order valence-electron chi connectivity index (χ4n) is 2.42. The van der Waals surface area contributed by atoms with E-state index in [1.807, 2.05) is 0 Å². The quantitative estimate of drug-likeness (QED) is 0.864. The third-order valence-corrected chi connectivity index (χ3v) is 4.71. The molecule has 2 rings (SSSR count). The molecular weight excluding hydrogens is 250 g/mol. The van der Waals surface area contributed by atoms with E-state index in [0.717, 1.165) is 29.7 Å². The Balaban J connectivity index is 2.56. The van der Waals surface area contributed by atoms with Gasteiger partial charge in [0.15, 0.2) is 0 Å². The second-order valence-electron chi connectivity index (χ2n) is 5.43. The summed E-state index contributed by atoms with van der Waals surface area (Å²) in [7, 11) is 1.52. The second kappa shape index (κ2) is 4.39. The first kappa shape index (κ1) is 13.1. The summed E-state index contributed by atoms with van der Waals surface area (Å²) >= 11 is 1.33. The van der Waals surface area contributed by atoms with Gasteiger partial charge in [0, 0.05) is 11.9 Å². The van der Waals surface area contributed by atoms with Crippen LogP contribution in [0.2, 0.25) is 0 Å². The molecule has 1 heterocycles. The number of rotatable bonds is 2. The highest BCUT2D eigenvalue weighted by atomic mass is 32.1. The normalized spacial score (nSPS) is 17.1. The Morgan fingerprint density at radius 3 is 2.61 bits per heavy atom. The van der Waals surface area contributed by atoms with Crippen LogP contribution in [0.25, 0.3) is 0 Å². The van der Waals surface area contributed by atoms with E-state index in [2.05, 4.69) is 19.2 Å². The Kier molecular flexibility index (Phi) is 3.19. The number of fused-ring (bicyclic) bond motifs is 1. The molecular formula is C13H17NO3S. The van der Waals surface area contributed by atoms with Gasteiger partial charge in [0.25, 0.3) is 5.91 Å². The molecule has 0 saturated heterocycles. The molecule has 0 radical (unpaired) electrons. The largest absolute Gasteiger partial charge is 0.478 e. The fraction of sp³-hybridized carbons (Fsp3) is 0.538. The van der Waals surface area contributed by atoms with E-state index in [1.165, 1.54) is 18.4 Å². The van der Waals surface area contributed by atoms with E-state index in [0.29, 0.717) is 4.88 Å². The number of amides is 1. The van der Waals surface area contributed by atoms with Crippen LogP contribution in [0.4, 0.5) is 0 Å². The van der Waals surface area contributed by atoms with Crippen LogP contribution in [-0.2, 0) is 12.8 Å². The van der Waals surface area contributed by atoms with Crippen LogP contribution in [-0.4, -0.2) is 24.0 Å². The van der Waals surface area contributed by atoms with Crippen LogP contribution >= 0.6 is 11.3 Å². The number of aromatic carboxylic acids is 1. The van der Waals surface area contributed by atoms with Crippen molar-refractivity contribution in [2.75, 3.05) is 7.05 Å². The van der Waals surface area contributed by atoms with Crippen LogP contribution in [0.3, 0.4) is 0 Å². The molecule has 0 spiro atoms. The van der Waals surface area contributed by atoms with Crippen molar-refractivity contribution in [2.24, 2.45) is 5.41 Å². The standard InChI is InChI=1S/C13H17NO3S/c1-13(2)5-4-8-7(6-13)9(12(16)17)10(18-8)11(15)14-3/h4-6H2,1-3H3,(H,14,15)(H,16,17). The van der Waals surface area contributed by atoms with E-state index < -0.39 is 5.97 Å². The monoisotopic (exact) mass is 267 g/mol. The van der Waals surface area contributed by atoms with E-state index in [-0.39, 0.29) is 16.9 Å². The Bertz CT molecular complexity index is 517. The molecule has 1 aliphatic carbocycles. The summed E-state index contributed by atoms with van der Waals surface area (Å²) in [5.41, 5.74) is 1.18. The zero-order valence-electron chi connectivity index (χ0n) is 10.8. The Labute approximate surface area is 110 Å². The van der Waals surface area contributed by atoms with Gasteiger partial charge in [-0.1, -0.05) is 13.8 Å². The minimum Gasteiger partial charge on any atom is -0.478 e. The van der Waals surface area contributed by atoms with Gasteiger partial charge < -0.3 is 10.4 Å². The molecule has 0 unspecified atom stereocenters. The Morgan fingerprint density at radius 2 is 2.06 bits per heavy atom. The van der Waals surface area contributed by atoms with Gasteiger partial charge in [-0.05, 0) is 30.2 Å². The first-order valence-electron chi connectivity index (χ1n) is 5.95. The van der Waals surface area contributed by atoms with Gasteiger partial charge >= 0.3 is 5.97 Å². The number of thiophene rings is 1. The van der Waals surface area contributed by atoms with Gasteiger partial charge in [-0.25, -0.2) is 4.79 Å². The summed E-state index contributed by atoms with van der Waals surface area (Å²) in [5, 5.41) is 11.9. The second-order valence-corrected chi connectivity index (χ2v) is 6.54. The molecule has 0 aromatic carbocycles. The molecule has 2 N–H and O–H groups in total. The van der Waals surface area contributed by atoms with Crippen LogP contribution in [0.1, 0.15) is 50.7 Å². The SMILES string of the molecule is CNC(=O)c1sc2c(c1C(=O)O)CC(C)(C)CC2. The number of nitrogens with one attached hydrogen (secondary N) is 1. The molecule has 5 heteroatoms. The van der Waals surface area contributed by atoms with Crippen molar-refractivity contribution < 1.29 is 14.7 Å². The molecule has 98 valence electrons. The molecule has 1 aromatic heterocycles. The van der Waals surface area contributed by atoms with Crippen LogP contribution in [0.5, 0.6) is 0 Å². The molecule has 0 fully saturated rings. The molecule has 0 atom stereocenters. The number of carboxylic acids is 1. The first-order valence-corrected chi connectivity index (χ1v) is 6.77. The smallest absolute Gasteiger partial charge is 0.337 e. The number of carboxylic acid groups (broad SMARTS) is 1. The Morgan fingerprint density at radius 1 is 1.39 bits per heavy atom. The molecule has 1 amide bonds. The predicted molar refractivity (Wildman–Crippen MR) is 70.5 cm³/mol. The third kappa shape index (κ3) is 2.14. The lowest BCUT2D eigenvalue weighted by Gasteiger charge is -2.29. The highest BCUT2D eigenvalue weighted by molar-refractivity contribution is 7.14. The average Bonchev–Trinajstić information content (AvgIpc) is 2.64. The number of carbonyl (C=O) groups is 2. The minimum atomic E-state index is -0.996. The van der Waals surface area contributed by atoms with Gasteiger partial charge in [0.2, 0.25) is 0 Å². The molecule has 0 saturated carbocycles. The van der Waals surface area contributed by atoms with Crippen molar-refractivity contribution in [2.45, 2.75) is 33.1 Å². The average molecular weight is 267 g/mol. The highest BCUT2D eigenvalue weighted by Crippen LogP contribution is 2.41. The van der Waals surface area contributed by atoms with Crippen LogP contribution in [0.15, 0.2) is 0 Å². The highest BCUT2D eigenvalue weighted by Gasteiger charge is 2.34. The van der Waals surface area contributed by atoms with Gasteiger partial charge in [-0.2, -0.15) is 0 Å². The maximum atomic E-state index is 11.8. The summed E-state index contributed by atoms with van der Waals surface area (Å²) in [5.74, 6) is -1.30.